The summed E-state index contributed by atoms with van der Waals surface area (Å²) in [6.07, 6.45) is 5.72. The quantitative estimate of drug-likeness (QED) is 0.714. The van der Waals surface area contributed by atoms with Gasteiger partial charge in [-0.05, 0) is 24.7 Å². The second-order valence-electron chi connectivity index (χ2n) is 5.09. The molecule has 84 valence electrons. The number of hydrogen-bond acceptors (Lipinski definition) is 2. The molecule has 0 unspecified atom stereocenters. The van der Waals surface area contributed by atoms with Gasteiger partial charge in [-0.25, -0.2) is 0 Å². The molecule has 0 bridgehead atoms. The zero-order chi connectivity index (χ0) is 10.7. The smallest absolute Gasteiger partial charge is 0.111 e. The van der Waals surface area contributed by atoms with Gasteiger partial charge in [0.2, 0.25) is 0 Å². The van der Waals surface area contributed by atoms with E-state index in [0.717, 1.165) is 12.8 Å². The van der Waals surface area contributed by atoms with Crippen LogP contribution in [0.15, 0.2) is 0 Å². The summed E-state index contributed by atoms with van der Waals surface area (Å²) in [6.45, 7) is 7.94. The summed E-state index contributed by atoms with van der Waals surface area (Å²) in [4.78, 5) is 0. The van der Waals surface area contributed by atoms with E-state index in [1.165, 1.54) is 19.3 Å². The number of aliphatic hydroxyl groups is 1. The zero-order valence-electron chi connectivity index (χ0n) is 9.81. The van der Waals surface area contributed by atoms with Crippen LogP contribution in [0.5, 0.6) is 0 Å². The second kappa shape index (κ2) is 4.63. The average Bonchev–Trinajstić information content (AvgIpc) is 2.15. The molecule has 0 aromatic heterocycles. The van der Waals surface area contributed by atoms with Gasteiger partial charge in [0.05, 0.1) is 13.2 Å². The van der Waals surface area contributed by atoms with E-state index in [0.29, 0.717) is 18.6 Å². The predicted octanol–water partition coefficient (Wildman–Crippen LogP) is 2.74. The maximum Gasteiger partial charge on any atom is 0.111 e. The SMILES string of the molecule is CCC(C)(CC)CCCC1(O)COC1. The van der Waals surface area contributed by atoms with E-state index in [4.69, 9.17) is 4.74 Å². The Labute approximate surface area is 87.7 Å². The van der Waals surface area contributed by atoms with Crippen molar-refractivity contribution in [2.45, 2.75) is 58.5 Å². The molecule has 0 atom stereocenters. The van der Waals surface area contributed by atoms with Crippen LogP contribution in [0.25, 0.3) is 0 Å². The van der Waals surface area contributed by atoms with Crippen LogP contribution in [0.3, 0.4) is 0 Å². The van der Waals surface area contributed by atoms with Crippen LogP contribution >= 0.6 is 0 Å². The Hall–Kier alpha value is -0.0800. The first-order chi connectivity index (χ1) is 6.54. The highest BCUT2D eigenvalue weighted by atomic mass is 16.5. The molecule has 1 saturated heterocycles. The Kier molecular flexibility index (Phi) is 3.96. The van der Waals surface area contributed by atoms with E-state index < -0.39 is 5.60 Å². The molecule has 0 aromatic rings. The number of hydrogen-bond donors (Lipinski definition) is 1. The van der Waals surface area contributed by atoms with Crippen LogP contribution in [0.2, 0.25) is 0 Å². The lowest BCUT2D eigenvalue weighted by Crippen LogP contribution is -2.49. The van der Waals surface area contributed by atoms with Gasteiger partial charge in [-0.15, -0.1) is 0 Å². The minimum absolute atomic E-state index is 0.473. The Balaban J connectivity index is 2.19. The first-order valence-electron chi connectivity index (χ1n) is 5.84. The molecule has 1 heterocycles. The standard InChI is InChI=1S/C12H24O2/c1-4-11(3,5-2)7-6-8-12(13)9-14-10-12/h13H,4-10H2,1-3H3. The molecule has 1 rings (SSSR count). The highest BCUT2D eigenvalue weighted by molar-refractivity contribution is 4.85. The van der Waals surface area contributed by atoms with E-state index in [9.17, 15) is 5.11 Å². The maximum atomic E-state index is 9.83. The van der Waals surface area contributed by atoms with Crippen molar-refractivity contribution in [2.75, 3.05) is 13.2 Å². The van der Waals surface area contributed by atoms with Gasteiger partial charge in [0.15, 0.2) is 0 Å². The second-order valence-corrected chi connectivity index (χ2v) is 5.09. The van der Waals surface area contributed by atoms with Gasteiger partial charge in [-0.3, -0.25) is 0 Å². The predicted molar refractivity (Wildman–Crippen MR) is 58.3 cm³/mol. The van der Waals surface area contributed by atoms with Gasteiger partial charge in [0.1, 0.15) is 5.60 Å². The third-order valence-corrected chi connectivity index (χ3v) is 3.87. The molecule has 0 saturated carbocycles. The van der Waals surface area contributed by atoms with Gasteiger partial charge >= 0.3 is 0 Å². The van der Waals surface area contributed by atoms with E-state index in [2.05, 4.69) is 20.8 Å². The molecule has 1 N–H and O–H groups in total. The van der Waals surface area contributed by atoms with E-state index in [1.807, 2.05) is 0 Å². The fourth-order valence-corrected chi connectivity index (χ4v) is 1.93. The number of ether oxygens (including phenoxy) is 1. The van der Waals surface area contributed by atoms with Gasteiger partial charge < -0.3 is 9.84 Å². The summed E-state index contributed by atoms with van der Waals surface area (Å²) >= 11 is 0. The van der Waals surface area contributed by atoms with Crippen molar-refractivity contribution in [3.8, 4) is 0 Å². The van der Waals surface area contributed by atoms with Crippen molar-refractivity contribution < 1.29 is 9.84 Å². The minimum atomic E-state index is -0.484. The molecule has 0 radical (unpaired) electrons. The molecule has 0 spiro atoms. The lowest BCUT2D eigenvalue weighted by Gasteiger charge is -2.37. The Morgan fingerprint density at radius 2 is 1.86 bits per heavy atom. The molecular weight excluding hydrogens is 176 g/mol. The van der Waals surface area contributed by atoms with E-state index >= 15 is 0 Å². The Morgan fingerprint density at radius 3 is 2.21 bits per heavy atom. The van der Waals surface area contributed by atoms with Crippen molar-refractivity contribution in [3.63, 3.8) is 0 Å². The summed E-state index contributed by atoms with van der Waals surface area (Å²) in [5.41, 5.74) is -0.0106. The molecule has 1 aliphatic rings. The van der Waals surface area contributed by atoms with Gasteiger partial charge in [-0.2, -0.15) is 0 Å². The Bertz CT molecular complexity index is 169. The summed E-state index contributed by atoms with van der Waals surface area (Å²) < 4.78 is 5.02. The zero-order valence-corrected chi connectivity index (χ0v) is 9.81. The highest BCUT2D eigenvalue weighted by Gasteiger charge is 2.35. The van der Waals surface area contributed by atoms with Gasteiger partial charge in [0.25, 0.3) is 0 Å². The summed E-state index contributed by atoms with van der Waals surface area (Å²) in [6, 6.07) is 0. The van der Waals surface area contributed by atoms with Crippen LogP contribution in [0.1, 0.15) is 52.9 Å². The summed E-state index contributed by atoms with van der Waals surface area (Å²) in [5.74, 6) is 0. The maximum absolute atomic E-state index is 9.83. The van der Waals surface area contributed by atoms with Crippen LogP contribution in [-0.4, -0.2) is 23.9 Å². The molecule has 0 aliphatic carbocycles. The van der Waals surface area contributed by atoms with Crippen molar-refractivity contribution in [2.24, 2.45) is 5.41 Å². The molecule has 1 fully saturated rings. The van der Waals surface area contributed by atoms with E-state index in [-0.39, 0.29) is 0 Å². The largest absolute Gasteiger partial charge is 0.385 e. The third kappa shape index (κ3) is 2.96. The van der Waals surface area contributed by atoms with Crippen LogP contribution < -0.4 is 0 Å². The third-order valence-electron chi connectivity index (χ3n) is 3.87. The van der Waals surface area contributed by atoms with Crippen LogP contribution in [0.4, 0.5) is 0 Å². The monoisotopic (exact) mass is 200 g/mol. The fourth-order valence-electron chi connectivity index (χ4n) is 1.93. The van der Waals surface area contributed by atoms with Crippen molar-refractivity contribution >= 4 is 0 Å². The summed E-state index contributed by atoms with van der Waals surface area (Å²) in [7, 11) is 0. The molecule has 0 aromatic carbocycles. The first kappa shape index (κ1) is 12.0. The summed E-state index contributed by atoms with van der Waals surface area (Å²) in [5, 5.41) is 9.83. The van der Waals surface area contributed by atoms with Crippen molar-refractivity contribution in [1.29, 1.82) is 0 Å². The molecule has 2 nitrogen and oxygen atoms in total. The topological polar surface area (TPSA) is 29.5 Å². The minimum Gasteiger partial charge on any atom is -0.385 e. The molecule has 2 heteroatoms. The highest BCUT2D eigenvalue weighted by Crippen LogP contribution is 2.33. The molecule has 1 aliphatic heterocycles. The number of rotatable bonds is 6. The fraction of sp³-hybridized carbons (Fsp3) is 1.00. The van der Waals surface area contributed by atoms with Gasteiger partial charge in [0, 0.05) is 0 Å². The van der Waals surface area contributed by atoms with Crippen LogP contribution in [0, 0.1) is 5.41 Å². The van der Waals surface area contributed by atoms with Crippen molar-refractivity contribution in [3.05, 3.63) is 0 Å². The molecular formula is C12H24O2. The van der Waals surface area contributed by atoms with E-state index in [1.54, 1.807) is 0 Å². The molecule has 14 heavy (non-hydrogen) atoms. The van der Waals surface area contributed by atoms with Gasteiger partial charge in [-0.1, -0.05) is 33.6 Å². The lowest BCUT2D eigenvalue weighted by molar-refractivity contribution is -0.182. The normalized spacial score (nSPS) is 20.6. The average molecular weight is 200 g/mol. The molecule has 0 amide bonds. The first-order valence-corrected chi connectivity index (χ1v) is 5.84. The van der Waals surface area contributed by atoms with Crippen molar-refractivity contribution in [1.82, 2.24) is 0 Å². The Morgan fingerprint density at radius 1 is 1.29 bits per heavy atom. The lowest BCUT2D eigenvalue weighted by atomic mass is 9.78. The van der Waals surface area contributed by atoms with Crippen LogP contribution in [-0.2, 0) is 4.74 Å².